The van der Waals surface area contributed by atoms with E-state index >= 15 is 0 Å². The fourth-order valence-electron chi connectivity index (χ4n) is 4.06. The monoisotopic (exact) mass is 277 g/mol. The van der Waals surface area contributed by atoms with E-state index in [0.717, 1.165) is 25.7 Å². The Morgan fingerprint density at radius 2 is 1.80 bits per heavy atom. The molecular weight excluding hydrogens is 246 g/mol. The third-order valence-corrected chi connectivity index (χ3v) is 4.84. The van der Waals surface area contributed by atoms with E-state index in [1.807, 2.05) is 0 Å². The van der Waals surface area contributed by atoms with E-state index in [0.29, 0.717) is 11.8 Å². The van der Waals surface area contributed by atoms with Crippen LogP contribution < -0.4 is 0 Å². The van der Waals surface area contributed by atoms with E-state index in [-0.39, 0.29) is 5.41 Å². The lowest BCUT2D eigenvalue weighted by atomic mass is 9.69. The van der Waals surface area contributed by atoms with Gasteiger partial charge in [-0.3, -0.25) is 4.79 Å². The van der Waals surface area contributed by atoms with Crippen molar-refractivity contribution >= 4 is 5.78 Å². The summed E-state index contributed by atoms with van der Waals surface area (Å²) in [6.07, 6.45) is 7.70. The molecule has 2 aliphatic rings. The number of ketones is 1. The van der Waals surface area contributed by atoms with E-state index in [9.17, 15) is 4.79 Å². The minimum Gasteiger partial charge on any atom is -0.300 e. The Hall–Kier alpha value is -0.630. The summed E-state index contributed by atoms with van der Waals surface area (Å²) in [5.74, 6) is 0.437. The molecule has 0 amide bonds. The van der Waals surface area contributed by atoms with Gasteiger partial charge in [-0.2, -0.15) is 0 Å². The second kappa shape index (κ2) is 6.43. The predicted molar refractivity (Wildman–Crippen MR) is 84.8 cm³/mol. The fraction of sp³-hybridized carbons (Fsp3) is 0.833. The third-order valence-electron chi connectivity index (χ3n) is 4.84. The molecule has 0 aromatic carbocycles. The fourth-order valence-corrected chi connectivity index (χ4v) is 4.06. The smallest absolute Gasteiger partial charge is 0.159 e. The molecule has 0 radical (unpaired) electrons. The molecule has 2 heteroatoms. The maximum atomic E-state index is 12.3. The zero-order valence-corrected chi connectivity index (χ0v) is 13.8. The summed E-state index contributed by atoms with van der Waals surface area (Å²) in [6.45, 7) is 11.4. The predicted octanol–water partition coefficient (Wildman–Crippen LogP) is 4.35. The molecule has 0 aromatic heterocycles. The Morgan fingerprint density at radius 3 is 2.40 bits per heavy atom. The van der Waals surface area contributed by atoms with Gasteiger partial charge in [0.25, 0.3) is 0 Å². The van der Waals surface area contributed by atoms with Crippen molar-refractivity contribution in [2.75, 3.05) is 13.1 Å². The molecule has 114 valence electrons. The summed E-state index contributed by atoms with van der Waals surface area (Å²) in [5.41, 5.74) is 2.87. The SMILES string of the molecule is CCCN(CCC)[C@@H]1CCC2=C(C1)CC(C)(C)CC2=O. The molecule has 0 saturated heterocycles. The van der Waals surface area contributed by atoms with Crippen molar-refractivity contribution in [3.63, 3.8) is 0 Å². The number of rotatable bonds is 5. The molecule has 0 heterocycles. The topological polar surface area (TPSA) is 20.3 Å². The highest BCUT2D eigenvalue weighted by atomic mass is 16.1. The van der Waals surface area contributed by atoms with E-state index in [2.05, 4.69) is 32.6 Å². The first-order valence-electron chi connectivity index (χ1n) is 8.45. The van der Waals surface area contributed by atoms with Crippen LogP contribution in [0.3, 0.4) is 0 Å². The lowest BCUT2D eigenvalue weighted by Crippen LogP contribution is -2.40. The summed E-state index contributed by atoms with van der Waals surface area (Å²) in [6, 6.07) is 0.676. The summed E-state index contributed by atoms with van der Waals surface area (Å²) < 4.78 is 0. The molecule has 0 aliphatic heterocycles. The maximum Gasteiger partial charge on any atom is 0.159 e. The Labute approximate surface area is 124 Å². The molecule has 0 bridgehead atoms. The first kappa shape index (κ1) is 15.8. The number of allylic oxidation sites excluding steroid dienone is 1. The highest BCUT2D eigenvalue weighted by molar-refractivity contribution is 5.97. The molecule has 0 aromatic rings. The van der Waals surface area contributed by atoms with Crippen molar-refractivity contribution in [1.29, 1.82) is 0 Å². The van der Waals surface area contributed by atoms with Gasteiger partial charge in [-0.15, -0.1) is 0 Å². The normalized spacial score (nSPS) is 26.1. The maximum absolute atomic E-state index is 12.3. The molecule has 1 atom stereocenters. The summed E-state index contributed by atoms with van der Waals surface area (Å²) in [5, 5.41) is 0. The van der Waals surface area contributed by atoms with Gasteiger partial charge in [-0.05, 0) is 62.6 Å². The van der Waals surface area contributed by atoms with E-state index in [1.54, 1.807) is 0 Å². The highest BCUT2D eigenvalue weighted by Gasteiger charge is 2.36. The third kappa shape index (κ3) is 3.52. The van der Waals surface area contributed by atoms with Crippen molar-refractivity contribution < 1.29 is 4.79 Å². The zero-order valence-electron chi connectivity index (χ0n) is 13.8. The van der Waals surface area contributed by atoms with Crippen molar-refractivity contribution in [2.45, 2.75) is 78.7 Å². The first-order valence-corrected chi connectivity index (χ1v) is 8.45. The Morgan fingerprint density at radius 1 is 1.15 bits per heavy atom. The Kier molecular flexibility index (Phi) is 5.06. The standard InChI is InChI=1S/C18H31NO/c1-5-9-19(10-6-2)15-7-8-16-14(11-15)12-18(3,4)13-17(16)20/h15H,5-13H2,1-4H3/t15-/m1/s1. The van der Waals surface area contributed by atoms with Crippen LogP contribution in [0.25, 0.3) is 0 Å². The Bertz CT molecular complexity index is 388. The van der Waals surface area contributed by atoms with Crippen LogP contribution in [0.1, 0.15) is 72.6 Å². The van der Waals surface area contributed by atoms with Gasteiger partial charge in [0.2, 0.25) is 0 Å². The highest BCUT2D eigenvalue weighted by Crippen LogP contribution is 2.43. The molecule has 0 N–H and O–H groups in total. The van der Waals surface area contributed by atoms with Crippen molar-refractivity contribution in [1.82, 2.24) is 4.90 Å². The molecule has 0 fully saturated rings. The Balaban J connectivity index is 2.11. The lowest BCUT2D eigenvalue weighted by Gasteiger charge is -2.40. The number of carbonyl (C=O) groups is 1. The van der Waals surface area contributed by atoms with Crippen LogP contribution in [-0.4, -0.2) is 29.8 Å². The van der Waals surface area contributed by atoms with Gasteiger partial charge in [-0.25, -0.2) is 0 Å². The summed E-state index contributed by atoms with van der Waals surface area (Å²) in [4.78, 5) is 15.0. The van der Waals surface area contributed by atoms with Crippen molar-refractivity contribution in [3.8, 4) is 0 Å². The van der Waals surface area contributed by atoms with Crippen LogP contribution in [0.4, 0.5) is 0 Å². The molecule has 20 heavy (non-hydrogen) atoms. The van der Waals surface area contributed by atoms with Crippen molar-refractivity contribution in [3.05, 3.63) is 11.1 Å². The molecule has 2 aliphatic carbocycles. The van der Waals surface area contributed by atoms with Crippen molar-refractivity contribution in [2.24, 2.45) is 5.41 Å². The first-order chi connectivity index (χ1) is 9.46. The average molecular weight is 277 g/mol. The van der Waals surface area contributed by atoms with Gasteiger partial charge in [0.05, 0.1) is 0 Å². The second-order valence-electron chi connectivity index (χ2n) is 7.46. The minimum absolute atomic E-state index is 0.179. The minimum atomic E-state index is 0.179. The molecule has 2 nitrogen and oxygen atoms in total. The number of carbonyl (C=O) groups excluding carboxylic acids is 1. The van der Waals surface area contributed by atoms with Crippen LogP contribution in [-0.2, 0) is 4.79 Å². The van der Waals surface area contributed by atoms with Crippen LogP contribution in [0.15, 0.2) is 11.1 Å². The summed E-state index contributed by atoms with van der Waals surface area (Å²) in [7, 11) is 0. The van der Waals surface area contributed by atoms with E-state index in [1.165, 1.54) is 43.5 Å². The van der Waals surface area contributed by atoms with Crippen LogP contribution in [0.2, 0.25) is 0 Å². The van der Waals surface area contributed by atoms with Crippen LogP contribution in [0, 0.1) is 5.41 Å². The van der Waals surface area contributed by atoms with Gasteiger partial charge in [0, 0.05) is 12.5 Å². The van der Waals surface area contributed by atoms with E-state index < -0.39 is 0 Å². The molecular formula is C18H31NO. The number of Topliss-reactive ketones (excluding diaryl/α,β-unsaturated/α-hetero) is 1. The quantitative estimate of drug-likeness (QED) is 0.744. The number of hydrogen-bond acceptors (Lipinski definition) is 2. The van der Waals surface area contributed by atoms with Crippen LogP contribution >= 0.6 is 0 Å². The second-order valence-corrected chi connectivity index (χ2v) is 7.46. The average Bonchev–Trinajstić information content (AvgIpc) is 2.36. The molecule has 2 rings (SSSR count). The van der Waals surface area contributed by atoms with Gasteiger partial charge in [0.15, 0.2) is 5.78 Å². The summed E-state index contributed by atoms with van der Waals surface area (Å²) >= 11 is 0. The van der Waals surface area contributed by atoms with E-state index in [4.69, 9.17) is 0 Å². The number of hydrogen-bond donors (Lipinski definition) is 0. The molecule has 0 saturated carbocycles. The van der Waals surface area contributed by atoms with Gasteiger partial charge < -0.3 is 4.90 Å². The zero-order chi connectivity index (χ0) is 14.8. The van der Waals surface area contributed by atoms with Gasteiger partial charge in [0.1, 0.15) is 0 Å². The number of nitrogens with zero attached hydrogens (tertiary/aromatic N) is 1. The van der Waals surface area contributed by atoms with Gasteiger partial charge in [-0.1, -0.05) is 33.3 Å². The lowest BCUT2D eigenvalue weighted by molar-refractivity contribution is -0.118. The molecule has 0 spiro atoms. The molecule has 0 unspecified atom stereocenters. The largest absolute Gasteiger partial charge is 0.300 e. The van der Waals surface area contributed by atoms with Crippen LogP contribution in [0.5, 0.6) is 0 Å². The van der Waals surface area contributed by atoms with Gasteiger partial charge >= 0.3 is 0 Å².